The summed E-state index contributed by atoms with van der Waals surface area (Å²) in [5, 5.41) is 10.1. The van der Waals surface area contributed by atoms with Gasteiger partial charge in [-0.05, 0) is 38.1 Å². The number of fused-ring (bicyclic) bond motifs is 1. The van der Waals surface area contributed by atoms with E-state index in [0.29, 0.717) is 5.56 Å². The zero-order valence-electron chi connectivity index (χ0n) is 9.27. The van der Waals surface area contributed by atoms with E-state index in [1.165, 1.54) is 6.92 Å². The van der Waals surface area contributed by atoms with Gasteiger partial charge in [-0.25, -0.2) is 0 Å². The molecule has 0 radical (unpaired) electrons. The predicted molar refractivity (Wildman–Crippen MR) is 62.5 cm³/mol. The van der Waals surface area contributed by atoms with E-state index in [-0.39, 0.29) is 5.78 Å². The molecule has 1 heterocycles. The topological polar surface area (TPSA) is 50.2 Å². The van der Waals surface area contributed by atoms with Gasteiger partial charge in [0.05, 0.1) is 5.52 Å². The Labute approximate surface area is 93.7 Å². The fraction of sp³-hybridized carbons (Fsp3) is 0.231. The maximum Gasteiger partial charge on any atom is 0.190 e. The van der Waals surface area contributed by atoms with Crippen LogP contribution in [0.25, 0.3) is 10.9 Å². The van der Waals surface area contributed by atoms with Gasteiger partial charge in [0.2, 0.25) is 0 Å². The molecule has 1 atom stereocenters. The Hall–Kier alpha value is -1.74. The van der Waals surface area contributed by atoms with Gasteiger partial charge in [-0.15, -0.1) is 0 Å². The average Bonchev–Trinajstić information content (AvgIpc) is 2.27. The largest absolute Gasteiger partial charge is 0.385 e. The van der Waals surface area contributed by atoms with Crippen LogP contribution in [0.2, 0.25) is 0 Å². The second-order valence-electron chi connectivity index (χ2n) is 3.90. The minimum atomic E-state index is -0.962. The van der Waals surface area contributed by atoms with Gasteiger partial charge in [-0.1, -0.05) is 6.07 Å². The van der Waals surface area contributed by atoms with Crippen molar-refractivity contribution in [3.05, 3.63) is 41.6 Å². The third-order valence-electron chi connectivity index (χ3n) is 2.49. The number of ketones is 1. The number of hydrogen-bond donors (Lipinski definition) is 1. The van der Waals surface area contributed by atoms with Gasteiger partial charge in [0.25, 0.3) is 0 Å². The normalized spacial score (nSPS) is 12.7. The summed E-state index contributed by atoms with van der Waals surface area (Å²) >= 11 is 0. The summed E-state index contributed by atoms with van der Waals surface area (Å²) in [6, 6.07) is 9.09. The monoisotopic (exact) mass is 215 g/mol. The number of nitrogens with zero attached hydrogens (tertiary/aromatic N) is 1. The van der Waals surface area contributed by atoms with Crippen molar-refractivity contribution in [1.82, 2.24) is 4.98 Å². The van der Waals surface area contributed by atoms with Gasteiger partial charge < -0.3 is 5.11 Å². The molecule has 82 valence electrons. The van der Waals surface area contributed by atoms with Crippen LogP contribution in [0.15, 0.2) is 30.3 Å². The quantitative estimate of drug-likeness (QED) is 0.780. The Morgan fingerprint density at radius 1 is 1.31 bits per heavy atom. The molecule has 1 N–H and O–H groups in total. The third-order valence-corrected chi connectivity index (χ3v) is 2.49. The van der Waals surface area contributed by atoms with Crippen LogP contribution >= 0.6 is 0 Å². The van der Waals surface area contributed by atoms with Crippen LogP contribution < -0.4 is 0 Å². The number of benzene rings is 1. The van der Waals surface area contributed by atoms with E-state index in [0.717, 1.165) is 16.6 Å². The average molecular weight is 215 g/mol. The molecule has 0 amide bonds. The Morgan fingerprint density at radius 3 is 2.75 bits per heavy atom. The summed E-state index contributed by atoms with van der Waals surface area (Å²) in [6.07, 6.45) is -0.962. The van der Waals surface area contributed by atoms with Crippen LogP contribution in [0, 0.1) is 6.92 Å². The SMILES string of the molecule is Cc1ccc2cc(C(=O)C(C)O)ccc2n1. The van der Waals surface area contributed by atoms with Crippen molar-refractivity contribution in [3.63, 3.8) is 0 Å². The minimum Gasteiger partial charge on any atom is -0.385 e. The molecule has 0 aliphatic heterocycles. The van der Waals surface area contributed by atoms with Gasteiger partial charge in [0, 0.05) is 16.6 Å². The Kier molecular flexibility index (Phi) is 2.71. The lowest BCUT2D eigenvalue weighted by Gasteiger charge is -2.05. The molecule has 0 saturated heterocycles. The molecule has 0 saturated carbocycles. The van der Waals surface area contributed by atoms with E-state index in [1.807, 2.05) is 19.1 Å². The molecule has 0 fully saturated rings. The molecule has 2 aromatic rings. The highest BCUT2D eigenvalue weighted by molar-refractivity contribution is 6.01. The van der Waals surface area contributed by atoms with Gasteiger partial charge in [0.15, 0.2) is 5.78 Å². The van der Waals surface area contributed by atoms with Crippen LogP contribution in [0.1, 0.15) is 23.0 Å². The molecule has 1 unspecified atom stereocenters. The van der Waals surface area contributed by atoms with Crippen molar-refractivity contribution in [3.8, 4) is 0 Å². The molecule has 3 heteroatoms. The number of rotatable bonds is 2. The van der Waals surface area contributed by atoms with Crippen molar-refractivity contribution in [2.45, 2.75) is 20.0 Å². The number of aromatic nitrogens is 1. The van der Waals surface area contributed by atoms with Crippen LogP contribution in [-0.4, -0.2) is 22.0 Å². The number of pyridine rings is 1. The van der Waals surface area contributed by atoms with Crippen LogP contribution in [-0.2, 0) is 0 Å². The number of aliphatic hydroxyl groups excluding tert-OH is 1. The molecule has 0 spiro atoms. The molecular formula is C13H13NO2. The maximum atomic E-state index is 11.6. The van der Waals surface area contributed by atoms with Crippen molar-refractivity contribution in [1.29, 1.82) is 0 Å². The summed E-state index contributed by atoms with van der Waals surface area (Å²) in [5.41, 5.74) is 2.33. The number of carbonyl (C=O) groups excluding carboxylic acids is 1. The van der Waals surface area contributed by atoms with E-state index >= 15 is 0 Å². The highest BCUT2D eigenvalue weighted by atomic mass is 16.3. The summed E-state index contributed by atoms with van der Waals surface area (Å²) in [4.78, 5) is 15.9. The standard InChI is InChI=1S/C13H13NO2/c1-8-3-4-10-7-11(13(16)9(2)15)5-6-12(10)14-8/h3-7,9,15H,1-2H3. The molecule has 1 aromatic heterocycles. The van der Waals surface area contributed by atoms with E-state index < -0.39 is 6.10 Å². The van der Waals surface area contributed by atoms with E-state index in [1.54, 1.807) is 18.2 Å². The highest BCUT2D eigenvalue weighted by Crippen LogP contribution is 2.15. The number of carbonyl (C=O) groups is 1. The Morgan fingerprint density at radius 2 is 2.06 bits per heavy atom. The summed E-state index contributed by atoms with van der Waals surface area (Å²) < 4.78 is 0. The van der Waals surface area contributed by atoms with Crippen LogP contribution in [0.3, 0.4) is 0 Å². The molecular weight excluding hydrogens is 202 g/mol. The zero-order valence-corrected chi connectivity index (χ0v) is 9.27. The maximum absolute atomic E-state index is 11.6. The highest BCUT2D eigenvalue weighted by Gasteiger charge is 2.12. The smallest absolute Gasteiger partial charge is 0.190 e. The van der Waals surface area contributed by atoms with Crippen molar-refractivity contribution >= 4 is 16.7 Å². The Bertz CT molecular complexity index is 547. The molecule has 0 aliphatic rings. The number of aliphatic hydroxyl groups is 1. The molecule has 2 rings (SSSR count). The van der Waals surface area contributed by atoms with Gasteiger partial charge >= 0.3 is 0 Å². The fourth-order valence-corrected chi connectivity index (χ4v) is 1.62. The van der Waals surface area contributed by atoms with Crippen molar-refractivity contribution < 1.29 is 9.90 Å². The molecule has 0 aliphatic carbocycles. The molecule has 1 aromatic carbocycles. The van der Waals surface area contributed by atoms with Crippen LogP contribution in [0.5, 0.6) is 0 Å². The first kappa shape index (κ1) is 10.8. The van der Waals surface area contributed by atoms with Gasteiger partial charge in [-0.2, -0.15) is 0 Å². The van der Waals surface area contributed by atoms with Gasteiger partial charge in [-0.3, -0.25) is 9.78 Å². The van der Waals surface area contributed by atoms with E-state index in [2.05, 4.69) is 4.98 Å². The lowest BCUT2D eigenvalue weighted by Crippen LogP contribution is -2.15. The summed E-state index contributed by atoms with van der Waals surface area (Å²) in [5.74, 6) is -0.262. The Balaban J connectivity index is 2.52. The molecule has 16 heavy (non-hydrogen) atoms. The predicted octanol–water partition coefficient (Wildman–Crippen LogP) is 2.11. The summed E-state index contributed by atoms with van der Waals surface area (Å²) in [6.45, 7) is 3.40. The van der Waals surface area contributed by atoms with Gasteiger partial charge in [0.1, 0.15) is 6.10 Å². The van der Waals surface area contributed by atoms with Crippen LogP contribution in [0.4, 0.5) is 0 Å². The minimum absolute atomic E-state index is 0.262. The van der Waals surface area contributed by atoms with E-state index in [4.69, 9.17) is 0 Å². The zero-order chi connectivity index (χ0) is 11.7. The van der Waals surface area contributed by atoms with Crippen molar-refractivity contribution in [2.75, 3.05) is 0 Å². The fourth-order valence-electron chi connectivity index (χ4n) is 1.62. The molecule has 3 nitrogen and oxygen atoms in total. The number of aryl methyl sites for hydroxylation is 1. The second-order valence-corrected chi connectivity index (χ2v) is 3.90. The third kappa shape index (κ3) is 1.95. The second kappa shape index (κ2) is 4.02. The first-order valence-corrected chi connectivity index (χ1v) is 5.17. The number of Topliss-reactive ketones (excluding diaryl/α,β-unsaturated/α-hetero) is 1. The first-order chi connectivity index (χ1) is 7.58. The lowest BCUT2D eigenvalue weighted by atomic mass is 10.0. The number of hydrogen-bond acceptors (Lipinski definition) is 3. The molecule has 0 bridgehead atoms. The summed E-state index contributed by atoms with van der Waals surface area (Å²) in [7, 11) is 0. The lowest BCUT2D eigenvalue weighted by molar-refractivity contribution is 0.0779. The van der Waals surface area contributed by atoms with Crippen molar-refractivity contribution in [2.24, 2.45) is 0 Å². The van der Waals surface area contributed by atoms with E-state index in [9.17, 15) is 9.90 Å². The first-order valence-electron chi connectivity index (χ1n) is 5.17.